The highest BCUT2D eigenvalue weighted by molar-refractivity contribution is 5.87. The summed E-state index contributed by atoms with van der Waals surface area (Å²) in [6.45, 7) is 0. The molecule has 7 nitrogen and oxygen atoms in total. The van der Waals surface area contributed by atoms with Crippen LogP contribution in [0.2, 0.25) is 0 Å². The molecular weight excluding hydrogens is 252 g/mol. The SMILES string of the molecule is COC(=O)C[C@H](NC(=O)Cc1ccccn1)C(=O)O. The van der Waals surface area contributed by atoms with Crippen LogP contribution in [0, 0.1) is 0 Å². The lowest BCUT2D eigenvalue weighted by atomic mass is 10.2. The summed E-state index contributed by atoms with van der Waals surface area (Å²) in [5.41, 5.74) is 0.516. The van der Waals surface area contributed by atoms with E-state index in [-0.39, 0.29) is 6.42 Å². The molecule has 0 saturated carbocycles. The largest absolute Gasteiger partial charge is 0.480 e. The van der Waals surface area contributed by atoms with Gasteiger partial charge >= 0.3 is 11.9 Å². The van der Waals surface area contributed by atoms with Gasteiger partial charge in [-0.3, -0.25) is 14.6 Å². The Balaban J connectivity index is 2.57. The second-order valence-corrected chi connectivity index (χ2v) is 3.74. The Morgan fingerprint density at radius 3 is 2.68 bits per heavy atom. The average molecular weight is 266 g/mol. The molecule has 1 atom stereocenters. The number of methoxy groups -OCH3 is 1. The van der Waals surface area contributed by atoms with Crippen LogP contribution in [0.15, 0.2) is 24.4 Å². The lowest BCUT2D eigenvalue weighted by Crippen LogP contribution is -2.43. The molecule has 0 radical (unpaired) electrons. The van der Waals surface area contributed by atoms with Crippen molar-refractivity contribution in [2.24, 2.45) is 0 Å². The summed E-state index contributed by atoms with van der Waals surface area (Å²) in [5, 5.41) is 11.1. The number of rotatable bonds is 6. The highest BCUT2D eigenvalue weighted by Crippen LogP contribution is 1.98. The summed E-state index contributed by atoms with van der Waals surface area (Å²) in [5.74, 6) is -2.51. The number of nitrogens with zero attached hydrogens (tertiary/aromatic N) is 1. The second kappa shape index (κ2) is 7.10. The van der Waals surface area contributed by atoms with E-state index in [9.17, 15) is 14.4 Å². The standard InChI is InChI=1S/C12H14N2O5/c1-19-11(16)7-9(12(17)18)14-10(15)6-8-4-2-3-5-13-8/h2-5,9H,6-7H2,1H3,(H,14,15)(H,17,18)/t9-/m0/s1. The van der Waals surface area contributed by atoms with Gasteiger partial charge in [0.15, 0.2) is 0 Å². The molecule has 7 heteroatoms. The number of amides is 1. The fourth-order valence-electron chi connectivity index (χ4n) is 1.36. The van der Waals surface area contributed by atoms with E-state index < -0.39 is 30.3 Å². The van der Waals surface area contributed by atoms with Crippen LogP contribution in [0.3, 0.4) is 0 Å². The Kier molecular flexibility index (Phi) is 5.46. The number of nitrogens with one attached hydrogen (secondary N) is 1. The number of pyridine rings is 1. The highest BCUT2D eigenvalue weighted by atomic mass is 16.5. The van der Waals surface area contributed by atoms with Crippen molar-refractivity contribution in [2.75, 3.05) is 7.11 Å². The van der Waals surface area contributed by atoms with Gasteiger partial charge in [-0.25, -0.2) is 4.79 Å². The molecule has 2 N–H and O–H groups in total. The molecule has 0 aliphatic rings. The van der Waals surface area contributed by atoms with Gasteiger partial charge in [0.1, 0.15) is 6.04 Å². The first-order chi connectivity index (χ1) is 9.02. The van der Waals surface area contributed by atoms with Crippen LogP contribution in [0.1, 0.15) is 12.1 Å². The Hall–Kier alpha value is -2.44. The van der Waals surface area contributed by atoms with Crippen molar-refractivity contribution < 1.29 is 24.2 Å². The lowest BCUT2D eigenvalue weighted by molar-refractivity contribution is -0.148. The van der Waals surface area contributed by atoms with E-state index in [1.54, 1.807) is 18.2 Å². The van der Waals surface area contributed by atoms with Crippen LogP contribution < -0.4 is 5.32 Å². The monoisotopic (exact) mass is 266 g/mol. The van der Waals surface area contributed by atoms with E-state index in [0.717, 1.165) is 7.11 Å². The fraction of sp³-hybridized carbons (Fsp3) is 0.333. The fourth-order valence-corrected chi connectivity index (χ4v) is 1.36. The van der Waals surface area contributed by atoms with Gasteiger partial charge in [0, 0.05) is 11.9 Å². The van der Waals surface area contributed by atoms with Crippen LogP contribution in [-0.4, -0.2) is 41.1 Å². The predicted octanol–water partition coefficient (Wildman–Crippen LogP) is -0.243. The number of hydrogen-bond donors (Lipinski definition) is 2. The van der Waals surface area contributed by atoms with E-state index in [1.165, 1.54) is 6.20 Å². The van der Waals surface area contributed by atoms with Crippen LogP contribution in [0.4, 0.5) is 0 Å². The van der Waals surface area contributed by atoms with Crippen molar-refractivity contribution in [3.63, 3.8) is 0 Å². The van der Waals surface area contributed by atoms with Crippen molar-refractivity contribution in [2.45, 2.75) is 18.9 Å². The lowest BCUT2D eigenvalue weighted by Gasteiger charge is -2.13. The maximum atomic E-state index is 11.6. The van der Waals surface area contributed by atoms with Gasteiger partial charge in [0.2, 0.25) is 5.91 Å². The van der Waals surface area contributed by atoms with Gasteiger partial charge < -0.3 is 15.2 Å². The first-order valence-corrected chi connectivity index (χ1v) is 5.52. The minimum Gasteiger partial charge on any atom is -0.480 e. The van der Waals surface area contributed by atoms with Gasteiger partial charge in [0.05, 0.1) is 20.0 Å². The summed E-state index contributed by atoms with van der Waals surface area (Å²) in [6, 6.07) is 3.77. The zero-order valence-corrected chi connectivity index (χ0v) is 10.3. The van der Waals surface area contributed by atoms with Gasteiger partial charge in [-0.2, -0.15) is 0 Å². The van der Waals surface area contributed by atoms with Crippen molar-refractivity contribution in [3.8, 4) is 0 Å². The third-order valence-corrected chi connectivity index (χ3v) is 2.30. The normalized spacial score (nSPS) is 11.4. The maximum Gasteiger partial charge on any atom is 0.326 e. The average Bonchev–Trinajstić information content (AvgIpc) is 2.38. The summed E-state index contributed by atoms with van der Waals surface area (Å²) < 4.78 is 4.36. The molecule has 1 aromatic heterocycles. The van der Waals surface area contributed by atoms with Crippen LogP contribution in [-0.2, 0) is 25.5 Å². The number of ether oxygens (including phenoxy) is 1. The van der Waals surface area contributed by atoms with E-state index in [2.05, 4.69) is 15.0 Å². The minimum atomic E-state index is -1.30. The zero-order valence-electron chi connectivity index (χ0n) is 10.3. The number of carboxylic acid groups (broad SMARTS) is 1. The second-order valence-electron chi connectivity index (χ2n) is 3.74. The first kappa shape index (κ1) is 14.6. The molecule has 0 fully saturated rings. The molecule has 19 heavy (non-hydrogen) atoms. The third-order valence-electron chi connectivity index (χ3n) is 2.30. The summed E-state index contributed by atoms with van der Waals surface area (Å²) in [7, 11) is 1.15. The molecule has 0 unspecified atom stereocenters. The number of hydrogen-bond acceptors (Lipinski definition) is 5. The smallest absolute Gasteiger partial charge is 0.326 e. The molecule has 1 amide bonds. The summed E-state index contributed by atoms with van der Waals surface area (Å²) in [4.78, 5) is 37.5. The van der Waals surface area contributed by atoms with Gasteiger partial charge in [-0.05, 0) is 12.1 Å². The number of carbonyl (C=O) groups is 3. The molecule has 0 aromatic carbocycles. The van der Waals surface area contributed by atoms with Crippen molar-refractivity contribution in [1.29, 1.82) is 0 Å². The number of aromatic nitrogens is 1. The highest BCUT2D eigenvalue weighted by Gasteiger charge is 2.23. The predicted molar refractivity (Wildman–Crippen MR) is 64.1 cm³/mol. The molecule has 102 valence electrons. The van der Waals surface area contributed by atoms with Crippen molar-refractivity contribution in [3.05, 3.63) is 30.1 Å². The molecule has 0 aliphatic heterocycles. The van der Waals surface area contributed by atoms with Crippen LogP contribution >= 0.6 is 0 Å². The first-order valence-electron chi connectivity index (χ1n) is 5.52. The van der Waals surface area contributed by atoms with Crippen molar-refractivity contribution >= 4 is 17.8 Å². The third kappa shape index (κ3) is 5.15. The Labute approximate surface area is 109 Å². The number of carboxylic acids is 1. The molecule has 0 bridgehead atoms. The number of aliphatic carboxylic acids is 1. The van der Waals surface area contributed by atoms with Crippen molar-refractivity contribution in [1.82, 2.24) is 10.3 Å². The molecule has 1 rings (SSSR count). The Morgan fingerprint density at radius 2 is 2.16 bits per heavy atom. The van der Waals surface area contributed by atoms with Crippen LogP contribution in [0.25, 0.3) is 0 Å². The van der Waals surface area contributed by atoms with Crippen LogP contribution in [0.5, 0.6) is 0 Å². The molecule has 1 heterocycles. The number of carbonyl (C=O) groups excluding carboxylic acids is 2. The minimum absolute atomic E-state index is 0.0498. The number of esters is 1. The van der Waals surface area contributed by atoms with E-state index in [4.69, 9.17) is 5.11 Å². The molecule has 0 aliphatic carbocycles. The van der Waals surface area contributed by atoms with E-state index >= 15 is 0 Å². The Morgan fingerprint density at radius 1 is 1.42 bits per heavy atom. The van der Waals surface area contributed by atoms with E-state index in [0.29, 0.717) is 5.69 Å². The maximum absolute atomic E-state index is 11.6. The van der Waals surface area contributed by atoms with E-state index in [1.807, 2.05) is 0 Å². The molecule has 0 saturated heterocycles. The Bertz CT molecular complexity index is 460. The molecule has 0 spiro atoms. The molecular formula is C12H14N2O5. The molecule has 1 aromatic rings. The van der Waals surface area contributed by atoms with Gasteiger partial charge in [0.25, 0.3) is 0 Å². The topological polar surface area (TPSA) is 106 Å². The summed E-state index contributed by atoms with van der Waals surface area (Å²) in [6.07, 6.45) is 1.07. The van der Waals surface area contributed by atoms with Gasteiger partial charge in [-0.15, -0.1) is 0 Å². The van der Waals surface area contributed by atoms with Gasteiger partial charge in [-0.1, -0.05) is 6.07 Å². The summed E-state index contributed by atoms with van der Waals surface area (Å²) >= 11 is 0. The quantitative estimate of drug-likeness (QED) is 0.688. The zero-order chi connectivity index (χ0) is 14.3.